The maximum atomic E-state index is 12.2. The van der Waals surface area contributed by atoms with Crippen LogP contribution in [0.1, 0.15) is 11.7 Å². The van der Waals surface area contributed by atoms with Gasteiger partial charge in [0.15, 0.2) is 6.10 Å². The molecular formula is C15H22N2O3. The molecule has 0 radical (unpaired) electrons. The van der Waals surface area contributed by atoms with E-state index in [2.05, 4.69) is 17.3 Å². The van der Waals surface area contributed by atoms with Crippen molar-refractivity contribution in [1.82, 2.24) is 10.2 Å². The summed E-state index contributed by atoms with van der Waals surface area (Å²) in [7, 11) is 3.60. The summed E-state index contributed by atoms with van der Waals surface area (Å²) >= 11 is 0. The van der Waals surface area contributed by atoms with Crippen LogP contribution in [0.2, 0.25) is 0 Å². The van der Waals surface area contributed by atoms with Crippen molar-refractivity contribution in [1.29, 1.82) is 0 Å². The van der Waals surface area contributed by atoms with Crippen molar-refractivity contribution < 1.29 is 14.3 Å². The lowest BCUT2D eigenvalue weighted by molar-refractivity contribution is -0.132. The number of rotatable bonds is 5. The second kappa shape index (κ2) is 7.38. The van der Waals surface area contributed by atoms with E-state index in [1.165, 1.54) is 0 Å². The molecule has 1 amide bonds. The number of nitrogens with zero attached hydrogens (tertiary/aromatic N) is 1. The predicted molar refractivity (Wildman–Crippen MR) is 76.4 cm³/mol. The first-order valence-electron chi connectivity index (χ1n) is 6.86. The zero-order valence-corrected chi connectivity index (χ0v) is 12.0. The van der Waals surface area contributed by atoms with Crippen molar-refractivity contribution >= 4 is 5.91 Å². The Labute approximate surface area is 119 Å². The number of methoxy groups -OCH3 is 1. The summed E-state index contributed by atoms with van der Waals surface area (Å²) in [5.74, 6) is -0.129. The number of ether oxygens (including phenoxy) is 2. The molecule has 1 heterocycles. The summed E-state index contributed by atoms with van der Waals surface area (Å²) in [6.45, 7) is 3.00. The molecule has 1 saturated heterocycles. The number of amides is 1. The van der Waals surface area contributed by atoms with Gasteiger partial charge in [-0.2, -0.15) is 0 Å². The smallest absolute Gasteiger partial charge is 0.253 e. The highest BCUT2D eigenvalue weighted by Crippen LogP contribution is 2.16. The molecule has 1 aromatic rings. The number of hydrogen-bond donors (Lipinski definition) is 1. The van der Waals surface area contributed by atoms with Gasteiger partial charge < -0.3 is 19.7 Å². The molecule has 0 aliphatic carbocycles. The molecule has 1 aliphatic heterocycles. The number of benzene rings is 1. The fourth-order valence-electron chi connectivity index (χ4n) is 2.32. The van der Waals surface area contributed by atoms with Crippen molar-refractivity contribution in [3.8, 4) is 0 Å². The Hall–Kier alpha value is -1.43. The Bertz CT molecular complexity index is 424. The number of morpholine rings is 1. The van der Waals surface area contributed by atoms with E-state index < -0.39 is 6.10 Å². The van der Waals surface area contributed by atoms with Crippen molar-refractivity contribution in [2.75, 3.05) is 40.4 Å². The minimum atomic E-state index is -0.572. The zero-order chi connectivity index (χ0) is 14.4. The van der Waals surface area contributed by atoms with E-state index in [4.69, 9.17) is 9.47 Å². The van der Waals surface area contributed by atoms with E-state index in [0.717, 1.165) is 18.7 Å². The van der Waals surface area contributed by atoms with Crippen LogP contribution in [-0.4, -0.2) is 57.3 Å². The molecule has 1 fully saturated rings. The van der Waals surface area contributed by atoms with Crippen LogP contribution in [0, 0.1) is 0 Å². The Morgan fingerprint density at radius 3 is 2.90 bits per heavy atom. The van der Waals surface area contributed by atoms with E-state index in [1.807, 2.05) is 30.3 Å². The fourth-order valence-corrected chi connectivity index (χ4v) is 2.32. The van der Waals surface area contributed by atoms with E-state index >= 15 is 0 Å². The monoisotopic (exact) mass is 278 g/mol. The lowest BCUT2D eigenvalue weighted by Crippen LogP contribution is -2.46. The highest BCUT2D eigenvalue weighted by Gasteiger charge is 2.22. The first-order valence-corrected chi connectivity index (χ1v) is 6.86. The highest BCUT2D eigenvalue weighted by molar-refractivity contribution is 5.82. The van der Waals surface area contributed by atoms with Gasteiger partial charge in [-0.3, -0.25) is 4.79 Å². The van der Waals surface area contributed by atoms with E-state index in [-0.39, 0.29) is 12.0 Å². The predicted octanol–water partition coefficient (Wildman–Crippen LogP) is 0.821. The van der Waals surface area contributed by atoms with Crippen LogP contribution in [0.5, 0.6) is 0 Å². The van der Waals surface area contributed by atoms with Gasteiger partial charge in [0.05, 0.1) is 12.7 Å². The maximum Gasteiger partial charge on any atom is 0.253 e. The highest BCUT2D eigenvalue weighted by atomic mass is 16.5. The third-order valence-corrected chi connectivity index (χ3v) is 3.42. The van der Waals surface area contributed by atoms with Gasteiger partial charge in [-0.15, -0.1) is 0 Å². The summed E-state index contributed by atoms with van der Waals surface area (Å²) < 4.78 is 10.9. The average Bonchev–Trinajstić information content (AvgIpc) is 2.47. The van der Waals surface area contributed by atoms with Gasteiger partial charge in [-0.25, -0.2) is 0 Å². The Morgan fingerprint density at radius 1 is 1.50 bits per heavy atom. The van der Waals surface area contributed by atoms with Gasteiger partial charge in [0.25, 0.3) is 5.91 Å². The fraction of sp³-hybridized carbons (Fsp3) is 0.533. The van der Waals surface area contributed by atoms with Gasteiger partial charge in [-0.1, -0.05) is 30.3 Å². The summed E-state index contributed by atoms with van der Waals surface area (Å²) in [5.41, 5.74) is 0.856. The molecule has 0 aromatic heterocycles. The van der Waals surface area contributed by atoms with Crippen LogP contribution in [0.15, 0.2) is 30.3 Å². The molecule has 2 atom stereocenters. The normalized spacial score (nSPS) is 21.4. The topological polar surface area (TPSA) is 50.8 Å². The minimum Gasteiger partial charge on any atom is -0.374 e. The van der Waals surface area contributed by atoms with E-state index in [9.17, 15) is 4.79 Å². The van der Waals surface area contributed by atoms with Gasteiger partial charge in [-0.05, 0) is 12.6 Å². The molecule has 1 N–H and O–H groups in total. The molecule has 1 aliphatic rings. The summed E-state index contributed by atoms with van der Waals surface area (Å²) in [4.78, 5) is 14.4. The van der Waals surface area contributed by atoms with Gasteiger partial charge >= 0.3 is 0 Å². The molecule has 0 bridgehead atoms. The van der Waals surface area contributed by atoms with E-state index in [0.29, 0.717) is 13.2 Å². The molecule has 5 nitrogen and oxygen atoms in total. The lowest BCUT2D eigenvalue weighted by atomic mass is 10.1. The second-order valence-corrected chi connectivity index (χ2v) is 5.03. The summed E-state index contributed by atoms with van der Waals surface area (Å²) in [6.07, 6.45) is -0.525. The average molecular weight is 278 g/mol. The van der Waals surface area contributed by atoms with Gasteiger partial charge in [0.1, 0.15) is 0 Å². The largest absolute Gasteiger partial charge is 0.374 e. The molecule has 5 heteroatoms. The maximum absolute atomic E-state index is 12.2. The van der Waals surface area contributed by atoms with E-state index in [1.54, 1.807) is 7.11 Å². The first kappa shape index (κ1) is 15.0. The number of carbonyl (C=O) groups excluding carboxylic acids is 1. The second-order valence-electron chi connectivity index (χ2n) is 5.03. The molecule has 2 rings (SSSR count). The summed E-state index contributed by atoms with van der Waals surface area (Å²) in [5, 5.41) is 2.91. The SMILES string of the molecule is CO[C@H](C(=O)NC[C@H]1CN(C)CCO1)c1ccccc1. The van der Waals surface area contributed by atoms with Crippen LogP contribution >= 0.6 is 0 Å². The zero-order valence-electron chi connectivity index (χ0n) is 12.0. The number of nitrogens with one attached hydrogen (secondary N) is 1. The molecule has 20 heavy (non-hydrogen) atoms. The quantitative estimate of drug-likeness (QED) is 0.866. The van der Waals surface area contributed by atoms with Crippen molar-refractivity contribution in [3.05, 3.63) is 35.9 Å². The summed E-state index contributed by atoms with van der Waals surface area (Å²) in [6, 6.07) is 9.48. The van der Waals surface area contributed by atoms with Crippen LogP contribution in [0.3, 0.4) is 0 Å². The van der Waals surface area contributed by atoms with Crippen molar-refractivity contribution in [2.45, 2.75) is 12.2 Å². The standard InChI is InChI=1S/C15H22N2O3/c1-17-8-9-20-13(11-17)10-16-15(18)14(19-2)12-6-4-3-5-7-12/h3-7,13-14H,8-11H2,1-2H3,(H,16,18)/t13-,14-/m0/s1. The first-order chi connectivity index (χ1) is 9.70. The molecule has 0 saturated carbocycles. The van der Waals surface area contributed by atoms with Gasteiger partial charge in [0.2, 0.25) is 0 Å². The third-order valence-electron chi connectivity index (χ3n) is 3.42. The number of likely N-dealkylation sites (N-methyl/N-ethyl adjacent to an activating group) is 1. The Balaban J connectivity index is 1.87. The number of hydrogen-bond acceptors (Lipinski definition) is 4. The molecule has 0 unspecified atom stereocenters. The van der Waals surface area contributed by atoms with Gasteiger partial charge in [0, 0.05) is 26.7 Å². The van der Waals surface area contributed by atoms with Crippen LogP contribution < -0.4 is 5.32 Å². The van der Waals surface area contributed by atoms with Crippen LogP contribution in [-0.2, 0) is 14.3 Å². The Morgan fingerprint density at radius 2 is 2.25 bits per heavy atom. The number of carbonyl (C=O) groups is 1. The van der Waals surface area contributed by atoms with Crippen molar-refractivity contribution in [2.24, 2.45) is 0 Å². The minimum absolute atomic E-state index is 0.0472. The molecule has 1 aromatic carbocycles. The van der Waals surface area contributed by atoms with Crippen molar-refractivity contribution in [3.63, 3.8) is 0 Å². The van der Waals surface area contributed by atoms with Crippen LogP contribution in [0.4, 0.5) is 0 Å². The van der Waals surface area contributed by atoms with Crippen LogP contribution in [0.25, 0.3) is 0 Å². The lowest BCUT2D eigenvalue weighted by Gasteiger charge is -2.30. The third kappa shape index (κ3) is 4.03. The molecule has 0 spiro atoms. The molecular weight excluding hydrogens is 256 g/mol. The Kier molecular flexibility index (Phi) is 5.52. The molecule has 110 valence electrons.